The van der Waals surface area contributed by atoms with Crippen LogP contribution in [0.5, 0.6) is 0 Å². The van der Waals surface area contributed by atoms with E-state index in [0.29, 0.717) is 25.7 Å². The van der Waals surface area contributed by atoms with Crippen molar-refractivity contribution in [2.24, 2.45) is 5.92 Å². The van der Waals surface area contributed by atoms with Gasteiger partial charge in [-0.25, -0.2) is 9.13 Å². The molecule has 0 amide bonds. The minimum Gasteiger partial charge on any atom is -0.462 e. The fraction of sp³-hybridized carbons (Fsp3) is 0.955. The summed E-state index contributed by atoms with van der Waals surface area (Å²) in [5.41, 5.74) is 0. The van der Waals surface area contributed by atoms with E-state index in [1.54, 1.807) is 0 Å². The third kappa shape index (κ3) is 82.1. The summed E-state index contributed by atoms with van der Waals surface area (Å²) in [7, 11) is -9.93. The zero-order valence-corrected chi connectivity index (χ0v) is 72.8. The van der Waals surface area contributed by atoms with Crippen LogP contribution in [-0.4, -0.2) is 96.7 Å². The van der Waals surface area contributed by atoms with Crippen molar-refractivity contribution in [1.29, 1.82) is 0 Å². The average Bonchev–Trinajstić information content (AvgIpc) is 0.899. The molecule has 0 aromatic rings. The molecular weight excluding hydrogens is 1400 g/mol. The lowest BCUT2D eigenvalue weighted by Crippen LogP contribution is -2.30. The lowest BCUT2D eigenvalue weighted by atomic mass is 10.0. The molecule has 0 aromatic carbocycles. The SMILES string of the molecule is CCCCCCCCCCCCCCCCCCCCCC(=O)O[C@H](COC(=O)CCCCCCCCCCCCCCCCCC(C)C)COP(=O)(O)OC[C@@H](O)COP(=O)(O)OC[C@@H](COC(=O)CCCCCCCCCCCCCCC)OC(=O)CCCCCCCCCCCCCCCCCCCC. The molecular formula is C89H174O17P2. The van der Waals surface area contributed by atoms with Crippen LogP contribution in [0.3, 0.4) is 0 Å². The number of carbonyl (C=O) groups is 4. The first kappa shape index (κ1) is 106. The molecule has 3 N–H and O–H groups in total. The zero-order valence-electron chi connectivity index (χ0n) is 71.0. The number of ether oxygens (including phenoxy) is 4. The van der Waals surface area contributed by atoms with E-state index in [9.17, 15) is 43.2 Å². The van der Waals surface area contributed by atoms with E-state index in [4.69, 9.17) is 37.0 Å². The van der Waals surface area contributed by atoms with Crippen LogP contribution in [0.1, 0.15) is 484 Å². The molecule has 17 nitrogen and oxygen atoms in total. The molecule has 0 aliphatic rings. The van der Waals surface area contributed by atoms with Crippen molar-refractivity contribution in [1.82, 2.24) is 0 Å². The molecule has 0 saturated heterocycles. The number of carbonyl (C=O) groups excluding carboxylic acids is 4. The number of phosphoric acid groups is 2. The molecule has 0 spiro atoms. The molecule has 108 heavy (non-hydrogen) atoms. The Hall–Kier alpha value is -1.94. The van der Waals surface area contributed by atoms with E-state index in [-0.39, 0.29) is 25.7 Å². The molecule has 0 bridgehead atoms. The fourth-order valence-electron chi connectivity index (χ4n) is 14.0. The highest BCUT2D eigenvalue weighted by atomic mass is 31.2. The summed E-state index contributed by atoms with van der Waals surface area (Å²) >= 11 is 0. The summed E-state index contributed by atoms with van der Waals surface area (Å²) < 4.78 is 69.1. The first-order valence-electron chi connectivity index (χ1n) is 46.1. The van der Waals surface area contributed by atoms with Crippen LogP contribution in [-0.2, 0) is 65.4 Å². The van der Waals surface area contributed by atoms with Gasteiger partial charge in [-0.05, 0) is 31.6 Å². The number of unbranched alkanes of at least 4 members (excludes halogenated alkanes) is 61. The van der Waals surface area contributed by atoms with Gasteiger partial charge in [0, 0.05) is 25.7 Å². The first-order valence-corrected chi connectivity index (χ1v) is 49.1. The van der Waals surface area contributed by atoms with E-state index in [1.807, 2.05) is 0 Å². The molecule has 0 aliphatic carbocycles. The van der Waals surface area contributed by atoms with Crippen molar-refractivity contribution in [2.75, 3.05) is 39.6 Å². The lowest BCUT2D eigenvalue weighted by molar-refractivity contribution is -0.161. The van der Waals surface area contributed by atoms with Gasteiger partial charge in [-0.2, -0.15) is 0 Å². The Kier molecular flexibility index (Phi) is 80.2. The Morgan fingerprint density at radius 1 is 0.250 bits per heavy atom. The maximum atomic E-state index is 13.2. The molecule has 0 saturated carbocycles. The van der Waals surface area contributed by atoms with Crippen LogP contribution >= 0.6 is 15.6 Å². The van der Waals surface area contributed by atoms with E-state index in [1.165, 1.54) is 308 Å². The van der Waals surface area contributed by atoms with Crippen LogP contribution in [0.15, 0.2) is 0 Å². The molecule has 0 aromatic heterocycles. The van der Waals surface area contributed by atoms with Crippen LogP contribution in [0.25, 0.3) is 0 Å². The highest BCUT2D eigenvalue weighted by molar-refractivity contribution is 7.47. The Morgan fingerprint density at radius 2 is 0.426 bits per heavy atom. The Morgan fingerprint density at radius 3 is 0.630 bits per heavy atom. The summed E-state index contributed by atoms with van der Waals surface area (Å²) in [6.07, 6.45) is 76.3. The quantitative estimate of drug-likeness (QED) is 0.0222. The Bertz CT molecular complexity index is 2050. The van der Waals surface area contributed by atoms with E-state index >= 15 is 0 Å². The van der Waals surface area contributed by atoms with Crippen LogP contribution in [0, 0.1) is 5.92 Å². The first-order chi connectivity index (χ1) is 52.5. The number of rotatable bonds is 89. The predicted molar refractivity (Wildman–Crippen MR) is 446 cm³/mol. The number of hydrogen-bond acceptors (Lipinski definition) is 15. The largest absolute Gasteiger partial charge is 0.472 e. The molecule has 0 rings (SSSR count). The minimum absolute atomic E-state index is 0.110. The van der Waals surface area contributed by atoms with Gasteiger partial charge in [0.1, 0.15) is 19.3 Å². The molecule has 5 atom stereocenters. The van der Waals surface area contributed by atoms with Crippen molar-refractivity contribution < 1.29 is 80.2 Å². The highest BCUT2D eigenvalue weighted by Gasteiger charge is 2.30. The zero-order chi connectivity index (χ0) is 79.0. The number of aliphatic hydroxyl groups is 1. The van der Waals surface area contributed by atoms with Gasteiger partial charge in [0.2, 0.25) is 0 Å². The number of phosphoric ester groups is 2. The van der Waals surface area contributed by atoms with Crippen molar-refractivity contribution in [2.45, 2.75) is 502 Å². The number of hydrogen-bond donors (Lipinski definition) is 3. The molecule has 0 fully saturated rings. The van der Waals surface area contributed by atoms with Crippen LogP contribution < -0.4 is 0 Å². The second-order valence-electron chi connectivity index (χ2n) is 32.5. The molecule has 19 heteroatoms. The van der Waals surface area contributed by atoms with Gasteiger partial charge in [0.15, 0.2) is 12.2 Å². The van der Waals surface area contributed by atoms with Crippen LogP contribution in [0.4, 0.5) is 0 Å². The summed E-state index contributed by atoms with van der Waals surface area (Å²) in [5.74, 6) is -1.29. The molecule has 2 unspecified atom stereocenters. The highest BCUT2D eigenvalue weighted by Crippen LogP contribution is 2.45. The summed E-state index contributed by atoms with van der Waals surface area (Å²) in [6, 6.07) is 0. The normalized spacial score (nSPS) is 13.7. The third-order valence-corrected chi connectivity index (χ3v) is 22.9. The maximum Gasteiger partial charge on any atom is 0.472 e. The number of esters is 4. The van der Waals surface area contributed by atoms with Gasteiger partial charge >= 0.3 is 39.5 Å². The lowest BCUT2D eigenvalue weighted by Gasteiger charge is -2.21. The van der Waals surface area contributed by atoms with E-state index in [2.05, 4.69) is 34.6 Å². The van der Waals surface area contributed by atoms with Gasteiger partial charge in [-0.15, -0.1) is 0 Å². The number of aliphatic hydroxyl groups excluding tert-OH is 1. The fourth-order valence-corrected chi connectivity index (χ4v) is 15.6. The predicted octanol–water partition coefficient (Wildman–Crippen LogP) is 27.5. The monoisotopic (exact) mass is 1580 g/mol. The van der Waals surface area contributed by atoms with Gasteiger partial charge in [-0.3, -0.25) is 37.3 Å². The van der Waals surface area contributed by atoms with Crippen molar-refractivity contribution >= 4 is 39.5 Å². The molecule has 0 aliphatic heterocycles. The van der Waals surface area contributed by atoms with E-state index in [0.717, 1.165) is 95.8 Å². The third-order valence-electron chi connectivity index (χ3n) is 21.0. The standard InChI is InChI=1S/C89H174O17P2/c1-6-9-12-15-18-21-24-27-29-31-33-35-39-45-50-55-60-65-70-75-89(94)106-85(79-100-87(92)73-68-63-58-53-48-43-40-36-37-42-46-51-56-61-66-71-82(4)5)81-104-108(97,98)102-77-83(90)76-101-107(95,96)103-80-84(78-99-86(91)72-67-62-57-52-47-41-26-23-20-17-14-11-8-3)105-88(93)74-69-64-59-54-49-44-38-34-32-30-28-25-22-19-16-13-10-7-2/h82-85,90H,6-81H2,1-5H3,(H,95,96)(H,97,98)/t83-,84+,85+/m0/s1. The minimum atomic E-state index is -4.97. The second kappa shape index (κ2) is 81.6. The summed E-state index contributed by atoms with van der Waals surface area (Å²) in [4.78, 5) is 73.4. The summed E-state index contributed by atoms with van der Waals surface area (Å²) in [5, 5.41) is 10.7. The average molecular weight is 1580 g/mol. The van der Waals surface area contributed by atoms with E-state index < -0.39 is 97.5 Å². The van der Waals surface area contributed by atoms with Crippen LogP contribution in [0.2, 0.25) is 0 Å². The Balaban J connectivity index is 5.26. The van der Waals surface area contributed by atoms with Crippen molar-refractivity contribution in [3.63, 3.8) is 0 Å². The maximum absolute atomic E-state index is 13.2. The van der Waals surface area contributed by atoms with Crippen molar-refractivity contribution in [3.05, 3.63) is 0 Å². The topological polar surface area (TPSA) is 237 Å². The second-order valence-corrected chi connectivity index (χ2v) is 35.4. The van der Waals surface area contributed by atoms with Gasteiger partial charge < -0.3 is 33.8 Å². The molecule has 0 radical (unpaired) electrons. The molecule has 642 valence electrons. The molecule has 0 heterocycles. The smallest absolute Gasteiger partial charge is 0.462 e. The van der Waals surface area contributed by atoms with Gasteiger partial charge in [-0.1, -0.05) is 433 Å². The van der Waals surface area contributed by atoms with Crippen molar-refractivity contribution in [3.8, 4) is 0 Å². The van der Waals surface area contributed by atoms with Gasteiger partial charge in [0.25, 0.3) is 0 Å². The summed E-state index contributed by atoms with van der Waals surface area (Å²) in [6.45, 7) is 7.42. The Labute approximate surface area is 664 Å². The van der Waals surface area contributed by atoms with Gasteiger partial charge in [0.05, 0.1) is 26.4 Å².